The molecule has 0 aliphatic carbocycles. The molecule has 1 fully saturated rings. The van der Waals surface area contributed by atoms with Gasteiger partial charge in [0.25, 0.3) is 5.91 Å². The van der Waals surface area contributed by atoms with Crippen molar-refractivity contribution in [3.05, 3.63) is 59.9 Å². The molecular weight excluding hydrogens is 398 g/mol. The highest BCUT2D eigenvalue weighted by Crippen LogP contribution is 2.20. The summed E-state index contributed by atoms with van der Waals surface area (Å²) in [6, 6.07) is 12.0. The van der Waals surface area contributed by atoms with Crippen molar-refractivity contribution in [1.29, 1.82) is 0 Å². The van der Waals surface area contributed by atoms with Crippen LogP contribution >= 0.6 is 12.4 Å². The van der Waals surface area contributed by atoms with Gasteiger partial charge in [-0.25, -0.2) is 8.42 Å². The number of sulfone groups is 1. The number of hydrogen-bond donors (Lipinski definition) is 1. The maximum atomic E-state index is 13.2. The molecule has 1 N–H and O–H groups in total. The molecule has 0 radical (unpaired) electrons. The summed E-state index contributed by atoms with van der Waals surface area (Å²) in [6.07, 6.45) is 5.74. The number of nitrogens with zero attached hydrogens (tertiary/aromatic N) is 2. The van der Waals surface area contributed by atoms with E-state index in [-0.39, 0.29) is 29.3 Å². The topological polar surface area (TPSA) is 79.4 Å². The van der Waals surface area contributed by atoms with E-state index in [9.17, 15) is 13.2 Å². The van der Waals surface area contributed by atoms with Crippen molar-refractivity contribution in [3.63, 3.8) is 0 Å². The van der Waals surface area contributed by atoms with Crippen molar-refractivity contribution in [3.8, 4) is 0 Å². The van der Waals surface area contributed by atoms with E-state index in [1.54, 1.807) is 18.3 Å². The highest BCUT2D eigenvalue weighted by molar-refractivity contribution is 7.90. The van der Waals surface area contributed by atoms with Gasteiger partial charge in [-0.05, 0) is 68.8 Å². The molecule has 6 nitrogen and oxygen atoms in total. The standard InChI is InChI=1S/C20H25N3O3S.ClH/c1-27(25,26)19-9-7-16(8-10-19)20(24)23(15-17-5-2-3-13-22-17)18-6-4-12-21-14-11-18;/h2-3,5,7-10,13,18,21H,4,6,11-12,14-15H2,1H3;1H. The highest BCUT2D eigenvalue weighted by atomic mass is 35.5. The number of amides is 1. The Kier molecular flexibility index (Phi) is 7.98. The average molecular weight is 424 g/mol. The molecule has 1 amide bonds. The number of hydrogen-bond acceptors (Lipinski definition) is 5. The van der Waals surface area contributed by atoms with Gasteiger partial charge in [0.1, 0.15) is 0 Å². The predicted molar refractivity (Wildman–Crippen MR) is 111 cm³/mol. The number of halogens is 1. The van der Waals surface area contributed by atoms with Crippen molar-refractivity contribution < 1.29 is 13.2 Å². The monoisotopic (exact) mass is 423 g/mol. The zero-order chi connectivity index (χ0) is 19.3. The summed E-state index contributed by atoms with van der Waals surface area (Å²) >= 11 is 0. The summed E-state index contributed by atoms with van der Waals surface area (Å²) < 4.78 is 23.3. The van der Waals surface area contributed by atoms with Crippen LogP contribution in [0.1, 0.15) is 35.3 Å². The lowest BCUT2D eigenvalue weighted by Crippen LogP contribution is -2.40. The molecule has 8 heteroatoms. The fourth-order valence-electron chi connectivity index (χ4n) is 3.36. The summed E-state index contributed by atoms with van der Waals surface area (Å²) in [5.41, 5.74) is 1.34. The number of carbonyl (C=O) groups is 1. The number of pyridine rings is 1. The largest absolute Gasteiger partial charge is 0.330 e. The number of rotatable bonds is 5. The van der Waals surface area contributed by atoms with Gasteiger partial charge in [0, 0.05) is 24.1 Å². The number of carbonyl (C=O) groups excluding carboxylic acids is 1. The molecule has 1 aliphatic rings. The van der Waals surface area contributed by atoms with Crippen molar-refractivity contribution in [2.24, 2.45) is 0 Å². The smallest absolute Gasteiger partial charge is 0.254 e. The van der Waals surface area contributed by atoms with E-state index >= 15 is 0 Å². The van der Waals surface area contributed by atoms with E-state index in [4.69, 9.17) is 0 Å². The van der Waals surface area contributed by atoms with Gasteiger partial charge in [-0.2, -0.15) is 0 Å². The van der Waals surface area contributed by atoms with E-state index in [0.717, 1.165) is 44.3 Å². The van der Waals surface area contributed by atoms with Crippen LogP contribution in [0.25, 0.3) is 0 Å². The zero-order valence-corrected chi connectivity index (χ0v) is 17.5. The second-order valence-electron chi connectivity index (χ2n) is 6.89. The second-order valence-corrected chi connectivity index (χ2v) is 8.90. The van der Waals surface area contributed by atoms with Crippen molar-refractivity contribution in [1.82, 2.24) is 15.2 Å². The van der Waals surface area contributed by atoms with Crippen LogP contribution in [0.5, 0.6) is 0 Å². The Bertz CT molecular complexity index is 865. The minimum Gasteiger partial charge on any atom is -0.330 e. The molecule has 2 aromatic rings. The first-order valence-electron chi connectivity index (χ1n) is 9.17. The minimum absolute atomic E-state index is 0. The van der Waals surface area contributed by atoms with Gasteiger partial charge in [0.05, 0.1) is 17.1 Å². The van der Waals surface area contributed by atoms with Gasteiger partial charge in [0.15, 0.2) is 9.84 Å². The third-order valence-corrected chi connectivity index (χ3v) is 5.96. The Balaban J connectivity index is 0.00000280. The lowest BCUT2D eigenvalue weighted by Gasteiger charge is -2.31. The van der Waals surface area contributed by atoms with E-state index < -0.39 is 9.84 Å². The SMILES string of the molecule is CS(=O)(=O)c1ccc(C(=O)N(Cc2ccccn2)C2CCCNCC2)cc1.Cl. The van der Waals surface area contributed by atoms with Crippen LogP contribution in [-0.2, 0) is 16.4 Å². The molecule has 0 spiro atoms. The van der Waals surface area contributed by atoms with Crippen LogP contribution < -0.4 is 5.32 Å². The van der Waals surface area contributed by atoms with E-state index in [1.807, 2.05) is 23.1 Å². The number of nitrogens with one attached hydrogen (secondary N) is 1. The molecule has 1 aliphatic heterocycles. The van der Waals surface area contributed by atoms with E-state index in [2.05, 4.69) is 10.3 Å². The predicted octanol–water partition coefficient (Wildman–Crippen LogP) is 2.69. The highest BCUT2D eigenvalue weighted by Gasteiger charge is 2.26. The van der Waals surface area contributed by atoms with Crippen molar-refractivity contribution in [2.75, 3.05) is 19.3 Å². The van der Waals surface area contributed by atoms with Crippen molar-refractivity contribution in [2.45, 2.75) is 36.7 Å². The van der Waals surface area contributed by atoms with Crippen LogP contribution in [0.3, 0.4) is 0 Å². The number of benzene rings is 1. The summed E-state index contributed by atoms with van der Waals surface area (Å²) in [4.78, 5) is 19.7. The summed E-state index contributed by atoms with van der Waals surface area (Å²) in [5.74, 6) is -0.0902. The van der Waals surface area contributed by atoms with Gasteiger partial charge in [-0.3, -0.25) is 9.78 Å². The second kappa shape index (κ2) is 10.0. The molecule has 1 saturated heterocycles. The van der Waals surface area contributed by atoms with Crippen molar-refractivity contribution >= 4 is 28.2 Å². The molecule has 3 rings (SSSR count). The Hall–Kier alpha value is -1.96. The fourth-order valence-corrected chi connectivity index (χ4v) is 3.99. The normalized spacial score (nSPS) is 17.2. The molecule has 0 saturated carbocycles. The summed E-state index contributed by atoms with van der Waals surface area (Å²) in [6.45, 7) is 2.28. The lowest BCUT2D eigenvalue weighted by molar-refractivity contribution is 0.0642. The first kappa shape index (κ1) is 22.3. The Morgan fingerprint density at radius 1 is 1.14 bits per heavy atom. The van der Waals surface area contributed by atoms with Gasteiger partial charge < -0.3 is 10.2 Å². The molecule has 152 valence electrons. The minimum atomic E-state index is -3.28. The molecule has 1 aromatic heterocycles. The van der Waals surface area contributed by atoms with Crippen LogP contribution in [0.4, 0.5) is 0 Å². The van der Waals surface area contributed by atoms with E-state index in [1.165, 1.54) is 12.1 Å². The molecular formula is C20H26ClN3O3S. The third-order valence-electron chi connectivity index (χ3n) is 4.83. The van der Waals surface area contributed by atoms with Gasteiger partial charge >= 0.3 is 0 Å². The number of aromatic nitrogens is 1. The van der Waals surface area contributed by atoms with E-state index in [0.29, 0.717) is 12.1 Å². The first-order valence-corrected chi connectivity index (χ1v) is 11.1. The molecule has 0 bridgehead atoms. The van der Waals surface area contributed by atoms with Gasteiger partial charge in [-0.1, -0.05) is 6.07 Å². The Morgan fingerprint density at radius 2 is 1.89 bits per heavy atom. The van der Waals surface area contributed by atoms with Crippen LogP contribution in [0, 0.1) is 0 Å². The van der Waals surface area contributed by atoms with Gasteiger partial charge in [-0.15, -0.1) is 12.4 Å². The quantitative estimate of drug-likeness (QED) is 0.799. The molecule has 2 heterocycles. The van der Waals surface area contributed by atoms with Gasteiger partial charge in [0.2, 0.25) is 0 Å². The first-order chi connectivity index (χ1) is 12.9. The average Bonchev–Trinajstić information content (AvgIpc) is 2.95. The molecule has 1 atom stereocenters. The molecule has 28 heavy (non-hydrogen) atoms. The molecule has 1 unspecified atom stereocenters. The van der Waals surface area contributed by atoms with Crippen LogP contribution in [-0.4, -0.2) is 49.6 Å². The molecule has 1 aromatic carbocycles. The lowest BCUT2D eigenvalue weighted by atomic mass is 10.0. The van der Waals surface area contributed by atoms with Crippen LogP contribution in [0.15, 0.2) is 53.6 Å². The zero-order valence-electron chi connectivity index (χ0n) is 15.9. The fraction of sp³-hybridized carbons (Fsp3) is 0.400. The third kappa shape index (κ3) is 5.77. The Labute approximate surface area is 172 Å². The summed E-state index contributed by atoms with van der Waals surface area (Å²) in [5, 5.41) is 3.38. The Morgan fingerprint density at radius 3 is 2.54 bits per heavy atom. The maximum absolute atomic E-state index is 13.2. The van der Waals surface area contributed by atoms with Crippen LogP contribution in [0.2, 0.25) is 0 Å². The summed E-state index contributed by atoms with van der Waals surface area (Å²) in [7, 11) is -3.28. The maximum Gasteiger partial charge on any atom is 0.254 e.